The largest absolute Gasteiger partial charge is 0.464 e. The Labute approximate surface area is 115 Å². The Kier molecular flexibility index (Phi) is 4.46. The highest BCUT2D eigenvalue weighted by atomic mass is 16.5. The number of benzene rings is 1. The molecular formula is C16H23NO2. The van der Waals surface area contributed by atoms with Gasteiger partial charge in [0, 0.05) is 12.2 Å². The minimum absolute atomic E-state index is 0.0987. The predicted octanol–water partition coefficient (Wildman–Crippen LogP) is 3.09. The first-order valence-electron chi connectivity index (χ1n) is 7.20. The van der Waals surface area contributed by atoms with Crippen molar-refractivity contribution < 1.29 is 9.53 Å². The first-order chi connectivity index (χ1) is 9.17. The molecule has 0 aromatic heterocycles. The number of anilines is 1. The van der Waals surface area contributed by atoms with Gasteiger partial charge < -0.3 is 9.64 Å². The highest BCUT2D eigenvalue weighted by Crippen LogP contribution is 2.30. The van der Waals surface area contributed by atoms with Gasteiger partial charge in [0.1, 0.15) is 6.04 Å². The lowest BCUT2D eigenvalue weighted by atomic mass is 9.97. The van der Waals surface area contributed by atoms with Crippen LogP contribution in [0.15, 0.2) is 18.2 Å². The molecule has 0 N–H and O–H groups in total. The summed E-state index contributed by atoms with van der Waals surface area (Å²) in [5, 5.41) is 0. The van der Waals surface area contributed by atoms with E-state index in [2.05, 4.69) is 30.0 Å². The minimum atomic E-state index is -0.151. The second-order valence-corrected chi connectivity index (χ2v) is 5.11. The minimum Gasteiger partial charge on any atom is -0.464 e. The van der Waals surface area contributed by atoms with Gasteiger partial charge in [0.2, 0.25) is 0 Å². The van der Waals surface area contributed by atoms with Crippen molar-refractivity contribution in [2.45, 2.75) is 46.1 Å². The van der Waals surface area contributed by atoms with Crippen LogP contribution in [0.5, 0.6) is 0 Å². The smallest absolute Gasteiger partial charge is 0.328 e. The van der Waals surface area contributed by atoms with Crippen LogP contribution in [0.1, 0.15) is 37.8 Å². The Bertz CT molecular complexity index is 456. The van der Waals surface area contributed by atoms with Gasteiger partial charge in [-0.05, 0) is 44.7 Å². The maximum Gasteiger partial charge on any atom is 0.328 e. The van der Waals surface area contributed by atoms with Crippen LogP contribution in [0, 0.1) is 6.92 Å². The molecule has 1 unspecified atom stereocenters. The van der Waals surface area contributed by atoms with Gasteiger partial charge in [0.05, 0.1) is 6.61 Å². The van der Waals surface area contributed by atoms with Crippen molar-refractivity contribution in [2.75, 3.05) is 18.1 Å². The lowest BCUT2D eigenvalue weighted by molar-refractivity contribution is -0.144. The summed E-state index contributed by atoms with van der Waals surface area (Å²) in [6, 6.07) is 6.35. The third kappa shape index (κ3) is 2.91. The highest BCUT2D eigenvalue weighted by molar-refractivity contribution is 5.81. The van der Waals surface area contributed by atoms with E-state index in [1.807, 2.05) is 13.8 Å². The zero-order valence-electron chi connectivity index (χ0n) is 12.1. The quantitative estimate of drug-likeness (QED) is 0.780. The molecule has 2 rings (SSSR count). The van der Waals surface area contributed by atoms with Crippen molar-refractivity contribution in [2.24, 2.45) is 0 Å². The first-order valence-corrected chi connectivity index (χ1v) is 7.20. The van der Waals surface area contributed by atoms with Crippen LogP contribution in [0.2, 0.25) is 0 Å². The van der Waals surface area contributed by atoms with Crippen LogP contribution in [-0.2, 0) is 16.0 Å². The number of fused-ring (bicyclic) bond motifs is 1. The molecule has 0 aliphatic carbocycles. The maximum absolute atomic E-state index is 12.1. The van der Waals surface area contributed by atoms with E-state index in [1.165, 1.54) is 16.8 Å². The lowest BCUT2D eigenvalue weighted by Gasteiger charge is -2.36. The molecule has 0 spiro atoms. The molecule has 1 atom stereocenters. The second kappa shape index (κ2) is 6.09. The SMILES string of the molecule is CCOC(=O)C(CC)N1CCCc2cc(C)ccc21. The van der Waals surface area contributed by atoms with Gasteiger partial charge in [-0.25, -0.2) is 4.79 Å². The van der Waals surface area contributed by atoms with Crippen LogP contribution < -0.4 is 4.90 Å². The molecule has 1 heterocycles. The van der Waals surface area contributed by atoms with E-state index in [-0.39, 0.29) is 12.0 Å². The van der Waals surface area contributed by atoms with Crippen molar-refractivity contribution >= 4 is 11.7 Å². The molecule has 1 aliphatic rings. The van der Waals surface area contributed by atoms with Crippen LogP contribution in [0.4, 0.5) is 5.69 Å². The molecular weight excluding hydrogens is 238 g/mol. The molecule has 0 fully saturated rings. The summed E-state index contributed by atoms with van der Waals surface area (Å²) in [6.45, 7) is 7.40. The molecule has 0 radical (unpaired) electrons. The summed E-state index contributed by atoms with van der Waals surface area (Å²) in [5.74, 6) is -0.0987. The Balaban J connectivity index is 2.28. The van der Waals surface area contributed by atoms with Gasteiger partial charge in [-0.1, -0.05) is 24.6 Å². The summed E-state index contributed by atoms with van der Waals surface area (Å²) >= 11 is 0. The van der Waals surface area contributed by atoms with Gasteiger partial charge in [-0.15, -0.1) is 0 Å². The zero-order chi connectivity index (χ0) is 13.8. The Morgan fingerprint density at radius 3 is 2.89 bits per heavy atom. The molecule has 1 aromatic carbocycles. The van der Waals surface area contributed by atoms with Crippen LogP contribution >= 0.6 is 0 Å². The van der Waals surface area contributed by atoms with Crippen LogP contribution in [0.3, 0.4) is 0 Å². The molecule has 104 valence electrons. The monoisotopic (exact) mass is 261 g/mol. The van der Waals surface area contributed by atoms with Crippen molar-refractivity contribution in [1.82, 2.24) is 0 Å². The van der Waals surface area contributed by atoms with Crippen LogP contribution in [0.25, 0.3) is 0 Å². The fourth-order valence-corrected chi connectivity index (χ4v) is 2.83. The van der Waals surface area contributed by atoms with Gasteiger partial charge in [0.15, 0.2) is 0 Å². The molecule has 0 saturated carbocycles. The van der Waals surface area contributed by atoms with Gasteiger partial charge >= 0.3 is 5.97 Å². The summed E-state index contributed by atoms with van der Waals surface area (Å²) < 4.78 is 5.21. The van der Waals surface area contributed by atoms with E-state index in [9.17, 15) is 4.79 Å². The van der Waals surface area contributed by atoms with Crippen molar-refractivity contribution in [1.29, 1.82) is 0 Å². The fraction of sp³-hybridized carbons (Fsp3) is 0.562. The molecule has 0 amide bonds. The van der Waals surface area contributed by atoms with Crippen molar-refractivity contribution in [3.05, 3.63) is 29.3 Å². The van der Waals surface area contributed by atoms with Gasteiger partial charge in [0.25, 0.3) is 0 Å². The summed E-state index contributed by atoms with van der Waals surface area (Å²) in [7, 11) is 0. The standard InChI is InChI=1S/C16H23NO2/c1-4-14(16(18)19-5-2)17-10-6-7-13-11-12(3)8-9-15(13)17/h8-9,11,14H,4-7,10H2,1-3H3. The zero-order valence-corrected chi connectivity index (χ0v) is 12.1. The number of aryl methyl sites for hydroxylation is 2. The molecule has 0 saturated heterocycles. The number of nitrogens with zero attached hydrogens (tertiary/aromatic N) is 1. The molecule has 3 nitrogen and oxygen atoms in total. The second-order valence-electron chi connectivity index (χ2n) is 5.11. The third-order valence-corrected chi connectivity index (χ3v) is 3.71. The van der Waals surface area contributed by atoms with E-state index in [0.717, 1.165) is 25.8 Å². The summed E-state index contributed by atoms with van der Waals surface area (Å²) in [6.07, 6.45) is 2.99. The number of carbonyl (C=O) groups is 1. The van der Waals surface area contributed by atoms with E-state index < -0.39 is 0 Å². The van der Waals surface area contributed by atoms with E-state index in [0.29, 0.717) is 6.61 Å². The lowest BCUT2D eigenvalue weighted by Crippen LogP contribution is -2.44. The predicted molar refractivity (Wildman–Crippen MR) is 77.6 cm³/mol. The normalized spacial score (nSPS) is 15.8. The van der Waals surface area contributed by atoms with Crippen molar-refractivity contribution in [3.63, 3.8) is 0 Å². The highest BCUT2D eigenvalue weighted by Gasteiger charge is 2.29. The fourth-order valence-electron chi connectivity index (χ4n) is 2.83. The van der Waals surface area contributed by atoms with E-state index in [1.54, 1.807) is 0 Å². The average Bonchev–Trinajstić information content (AvgIpc) is 2.39. The Morgan fingerprint density at radius 2 is 2.21 bits per heavy atom. The van der Waals surface area contributed by atoms with E-state index >= 15 is 0 Å². The number of hydrogen-bond donors (Lipinski definition) is 0. The van der Waals surface area contributed by atoms with Gasteiger partial charge in [-0.3, -0.25) is 0 Å². The molecule has 3 heteroatoms. The molecule has 1 aliphatic heterocycles. The summed E-state index contributed by atoms with van der Waals surface area (Å²) in [5.41, 5.74) is 3.84. The first kappa shape index (κ1) is 13.9. The van der Waals surface area contributed by atoms with E-state index in [4.69, 9.17) is 4.74 Å². The van der Waals surface area contributed by atoms with Crippen LogP contribution in [-0.4, -0.2) is 25.2 Å². The third-order valence-electron chi connectivity index (χ3n) is 3.71. The van der Waals surface area contributed by atoms with Gasteiger partial charge in [-0.2, -0.15) is 0 Å². The molecule has 1 aromatic rings. The Morgan fingerprint density at radius 1 is 1.42 bits per heavy atom. The average molecular weight is 261 g/mol. The number of rotatable bonds is 4. The van der Waals surface area contributed by atoms with Crippen molar-refractivity contribution in [3.8, 4) is 0 Å². The molecule has 0 bridgehead atoms. The number of ether oxygens (including phenoxy) is 1. The number of carbonyl (C=O) groups excluding carboxylic acids is 1. The maximum atomic E-state index is 12.1. The summed E-state index contributed by atoms with van der Waals surface area (Å²) in [4.78, 5) is 14.3. The number of hydrogen-bond acceptors (Lipinski definition) is 3. The topological polar surface area (TPSA) is 29.5 Å². The Hall–Kier alpha value is -1.51. The number of esters is 1. The molecule has 19 heavy (non-hydrogen) atoms.